The largest absolute Gasteiger partial charge is 0.359 e. The molecule has 2 heterocycles. The highest BCUT2D eigenvalue weighted by Crippen LogP contribution is 2.38. The second kappa shape index (κ2) is 6.91. The number of piperidine rings is 1. The van der Waals surface area contributed by atoms with Crippen LogP contribution in [-0.4, -0.2) is 47.0 Å². The van der Waals surface area contributed by atoms with E-state index in [1.54, 1.807) is 0 Å². The van der Waals surface area contributed by atoms with E-state index in [1.165, 1.54) is 69.0 Å². The molecule has 4 heteroatoms. The van der Waals surface area contributed by atoms with Crippen molar-refractivity contribution in [2.45, 2.75) is 70.4 Å². The van der Waals surface area contributed by atoms with Gasteiger partial charge in [-0.05, 0) is 51.6 Å². The molecule has 2 saturated heterocycles. The van der Waals surface area contributed by atoms with Crippen molar-refractivity contribution < 1.29 is 0 Å². The van der Waals surface area contributed by atoms with Gasteiger partial charge in [0.2, 0.25) is 0 Å². The first-order valence-electron chi connectivity index (χ1n) is 8.86. The van der Waals surface area contributed by atoms with Gasteiger partial charge in [0.05, 0.1) is 6.54 Å². The van der Waals surface area contributed by atoms with Gasteiger partial charge in [0.15, 0.2) is 5.17 Å². The van der Waals surface area contributed by atoms with E-state index in [2.05, 4.69) is 24.1 Å². The predicted octanol–water partition coefficient (Wildman–Crippen LogP) is 3.50. The standard InChI is InChI=1S/C17H31N3S/c1-14-7-6-8-17(11-14)13-21-16(19-17)18-12-15(2)20-9-4-3-5-10-20/h14-15H,3-13H2,1-2H3,(H,18,19). The van der Waals surface area contributed by atoms with E-state index in [9.17, 15) is 0 Å². The van der Waals surface area contributed by atoms with E-state index >= 15 is 0 Å². The topological polar surface area (TPSA) is 27.6 Å². The lowest BCUT2D eigenvalue weighted by Crippen LogP contribution is -2.47. The summed E-state index contributed by atoms with van der Waals surface area (Å²) < 4.78 is 0. The first-order chi connectivity index (χ1) is 10.2. The van der Waals surface area contributed by atoms with Crippen molar-refractivity contribution in [1.29, 1.82) is 0 Å². The van der Waals surface area contributed by atoms with Crippen molar-refractivity contribution in [3.63, 3.8) is 0 Å². The summed E-state index contributed by atoms with van der Waals surface area (Å²) in [7, 11) is 0. The van der Waals surface area contributed by atoms with Crippen LogP contribution in [0.25, 0.3) is 0 Å². The first-order valence-corrected chi connectivity index (χ1v) is 9.85. The van der Waals surface area contributed by atoms with Crippen LogP contribution in [0, 0.1) is 5.92 Å². The summed E-state index contributed by atoms with van der Waals surface area (Å²) in [5, 5.41) is 5.01. The maximum atomic E-state index is 4.90. The third-order valence-corrected chi connectivity index (χ3v) is 6.66. The summed E-state index contributed by atoms with van der Waals surface area (Å²) in [4.78, 5) is 7.52. The van der Waals surface area contributed by atoms with E-state index in [-0.39, 0.29) is 0 Å². The van der Waals surface area contributed by atoms with Crippen molar-refractivity contribution in [2.75, 3.05) is 25.4 Å². The summed E-state index contributed by atoms with van der Waals surface area (Å²) in [6.07, 6.45) is 9.62. The van der Waals surface area contributed by atoms with Crippen LogP contribution in [0.15, 0.2) is 4.99 Å². The average Bonchev–Trinajstić information content (AvgIpc) is 2.88. The zero-order chi connectivity index (χ0) is 14.7. The highest BCUT2D eigenvalue weighted by Gasteiger charge is 2.40. The Kier molecular flexibility index (Phi) is 5.15. The second-order valence-corrected chi connectivity index (χ2v) is 8.45. The molecule has 1 saturated carbocycles. The van der Waals surface area contributed by atoms with Crippen LogP contribution in [0.4, 0.5) is 0 Å². The van der Waals surface area contributed by atoms with Gasteiger partial charge >= 0.3 is 0 Å². The predicted molar refractivity (Wildman–Crippen MR) is 93.1 cm³/mol. The Morgan fingerprint density at radius 2 is 2.14 bits per heavy atom. The van der Waals surface area contributed by atoms with E-state index in [0.29, 0.717) is 11.6 Å². The Morgan fingerprint density at radius 3 is 2.90 bits per heavy atom. The summed E-state index contributed by atoms with van der Waals surface area (Å²) in [6.45, 7) is 8.25. The Balaban J connectivity index is 1.51. The van der Waals surface area contributed by atoms with E-state index in [1.807, 2.05) is 11.8 Å². The Bertz CT molecular complexity index is 378. The fraction of sp³-hybridized carbons (Fsp3) is 0.941. The molecule has 3 aliphatic rings. The van der Waals surface area contributed by atoms with Gasteiger partial charge in [-0.3, -0.25) is 9.89 Å². The minimum absolute atomic E-state index is 0.371. The summed E-state index contributed by atoms with van der Waals surface area (Å²) in [6, 6.07) is 0.599. The molecule has 3 fully saturated rings. The Morgan fingerprint density at radius 1 is 1.33 bits per heavy atom. The number of nitrogens with one attached hydrogen (secondary N) is 1. The molecule has 21 heavy (non-hydrogen) atoms. The number of amidine groups is 1. The first kappa shape index (κ1) is 15.7. The number of nitrogens with zero attached hydrogens (tertiary/aromatic N) is 2. The normalized spacial score (nSPS) is 37.8. The molecule has 0 bridgehead atoms. The van der Waals surface area contributed by atoms with Gasteiger partial charge in [0, 0.05) is 17.3 Å². The molecule has 3 rings (SSSR count). The molecule has 0 radical (unpaired) electrons. The molecule has 1 N–H and O–H groups in total. The van der Waals surface area contributed by atoms with Crippen LogP contribution in [0.5, 0.6) is 0 Å². The Labute approximate surface area is 134 Å². The highest BCUT2D eigenvalue weighted by atomic mass is 32.2. The SMILES string of the molecule is CC1CCCC2(CSC(=NCC(C)N3CCCCC3)N2)C1. The summed E-state index contributed by atoms with van der Waals surface area (Å²) >= 11 is 1.96. The monoisotopic (exact) mass is 309 g/mol. The molecule has 120 valence electrons. The van der Waals surface area contributed by atoms with Gasteiger partial charge < -0.3 is 5.32 Å². The van der Waals surface area contributed by atoms with Crippen molar-refractivity contribution in [2.24, 2.45) is 10.9 Å². The van der Waals surface area contributed by atoms with Crippen LogP contribution < -0.4 is 5.32 Å². The van der Waals surface area contributed by atoms with Crippen molar-refractivity contribution >= 4 is 16.9 Å². The van der Waals surface area contributed by atoms with E-state index in [4.69, 9.17) is 4.99 Å². The molecule has 1 spiro atoms. The van der Waals surface area contributed by atoms with Gasteiger partial charge in [0.1, 0.15) is 0 Å². The minimum atomic E-state index is 0.371. The number of thioether (sulfide) groups is 1. The Hall–Kier alpha value is -0.220. The third kappa shape index (κ3) is 3.95. The quantitative estimate of drug-likeness (QED) is 0.864. The van der Waals surface area contributed by atoms with Crippen LogP contribution in [-0.2, 0) is 0 Å². The molecule has 0 aromatic carbocycles. The van der Waals surface area contributed by atoms with Crippen molar-refractivity contribution in [1.82, 2.24) is 10.2 Å². The molecule has 0 aromatic heterocycles. The average molecular weight is 310 g/mol. The van der Waals surface area contributed by atoms with Crippen molar-refractivity contribution in [3.05, 3.63) is 0 Å². The van der Waals surface area contributed by atoms with Gasteiger partial charge in [-0.1, -0.05) is 37.9 Å². The second-order valence-electron chi connectivity index (χ2n) is 7.49. The number of hydrogen-bond acceptors (Lipinski definition) is 3. The number of likely N-dealkylation sites (tertiary alicyclic amines) is 1. The molecular weight excluding hydrogens is 278 g/mol. The van der Waals surface area contributed by atoms with E-state index < -0.39 is 0 Å². The minimum Gasteiger partial charge on any atom is -0.359 e. The maximum absolute atomic E-state index is 4.90. The zero-order valence-electron chi connectivity index (χ0n) is 13.7. The molecule has 0 aromatic rings. The van der Waals surface area contributed by atoms with Crippen molar-refractivity contribution in [3.8, 4) is 0 Å². The molecule has 1 aliphatic carbocycles. The fourth-order valence-corrected chi connectivity index (χ4v) is 5.39. The summed E-state index contributed by atoms with van der Waals surface area (Å²) in [5.74, 6) is 2.10. The lowest BCUT2D eigenvalue weighted by Gasteiger charge is -2.36. The maximum Gasteiger partial charge on any atom is 0.157 e. The van der Waals surface area contributed by atoms with Crippen LogP contribution in [0.3, 0.4) is 0 Å². The van der Waals surface area contributed by atoms with Crippen LogP contribution in [0.2, 0.25) is 0 Å². The molecule has 2 aliphatic heterocycles. The van der Waals surface area contributed by atoms with E-state index in [0.717, 1.165) is 12.5 Å². The molecule has 0 amide bonds. The van der Waals surface area contributed by atoms with Crippen LogP contribution >= 0.6 is 11.8 Å². The van der Waals surface area contributed by atoms with Gasteiger partial charge in [-0.2, -0.15) is 0 Å². The fourth-order valence-electron chi connectivity index (χ4n) is 4.19. The molecule has 3 nitrogen and oxygen atoms in total. The van der Waals surface area contributed by atoms with Gasteiger partial charge in [-0.25, -0.2) is 0 Å². The van der Waals surface area contributed by atoms with Gasteiger partial charge in [-0.15, -0.1) is 0 Å². The lowest BCUT2D eigenvalue weighted by atomic mass is 9.78. The third-order valence-electron chi connectivity index (χ3n) is 5.46. The number of hydrogen-bond donors (Lipinski definition) is 1. The number of rotatable bonds is 3. The lowest BCUT2D eigenvalue weighted by molar-refractivity contribution is 0.178. The molecule has 3 unspecified atom stereocenters. The zero-order valence-corrected chi connectivity index (χ0v) is 14.6. The van der Waals surface area contributed by atoms with Crippen LogP contribution in [0.1, 0.15) is 58.8 Å². The van der Waals surface area contributed by atoms with Gasteiger partial charge in [0.25, 0.3) is 0 Å². The molecular formula is C17H31N3S. The highest BCUT2D eigenvalue weighted by molar-refractivity contribution is 8.14. The smallest absolute Gasteiger partial charge is 0.157 e. The molecule has 3 atom stereocenters. The number of aliphatic imine (C=N–C) groups is 1. The summed E-state index contributed by atoms with van der Waals surface area (Å²) in [5.41, 5.74) is 0.371.